The van der Waals surface area contributed by atoms with Gasteiger partial charge in [0.15, 0.2) is 6.61 Å². The number of rotatable bonds is 7. The molecule has 0 heterocycles. The molecule has 0 aliphatic heterocycles. The van der Waals surface area contributed by atoms with Crippen LogP contribution in [0.2, 0.25) is 5.02 Å². The topological polar surface area (TPSA) is 46.5 Å². The molecule has 3 nitrogen and oxygen atoms in total. The molecule has 0 amide bonds. The normalized spacial score (nSPS) is 14.1. The van der Waals surface area contributed by atoms with Crippen LogP contribution in [0, 0.1) is 0 Å². The van der Waals surface area contributed by atoms with Crippen LogP contribution in [-0.4, -0.2) is 47.5 Å². The lowest BCUT2D eigenvalue weighted by atomic mass is 9.98. The number of halogens is 12. The number of hydrogen-bond donors (Lipinski definition) is 1. The molecule has 28 heavy (non-hydrogen) atoms. The van der Waals surface area contributed by atoms with Crippen LogP contribution in [0.3, 0.4) is 0 Å². The van der Waals surface area contributed by atoms with Crippen molar-refractivity contribution in [2.45, 2.75) is 29.9 Å². The van der Waals surface area contributed by atoms with E-state index in [9.17, 15) is 53.1 Å². The summed E-state index contributed by atoms with van der Waals surface area (Å²) in [5, 5.41) is 8.00. The third-order valence-electron chi connectivity index (χ3n) is 3.20. The Labute approximate surface area is 152 Å². The van der Waals surface area contributed by atoms with Gasteiger partial charge in [-0.3, -0.25) is 0 Å². The highest BCUT2D eigenvalue weighted by Crippen LogP contribution is 2.57. The highest BCUT2D eigenvalue weighted by Gasteiger charge is 2.87. The Morgan fingerprint density at radius 2 is 1.39 bits per heavy atom. The average Bonchev–Trinajstić information content (AvgIpc) is 2.51. The van der Waals surface area contributed by atoms with Gasteiger partial charge in [0.05, 0.1) is 10.6 Å². The molecule has 0 fully saturated rings. The minimum Gasteiger partial charge on any atom is -0.487 e. The lowest BCUT2D eigenvalue weighted by Crippen LogP contribution is -2.67. The molecule has 0 saturated heterocycles. The lowest BCUT2D eigenvalue weighted by molar-refractivity contribution is -0.423. The first kappa shape index (κ1) is 24.0. The van der Waals surface area contributed by atoms with Crippen LogP contribution in [0.15, 0.2) is 18.2 Å². The molecule has 1 aromatic carbocycles. The fourth-order valence-corrected chi connectivity index (χ4v) is 1.88. The van der Waals surface area contributed by atoms with Crippen molar-refractivity contribution in [2.75, 3.05) is 6.61 Å². The van der Waals surface area contributed by atoms with Crippen LogP contribution in [0.1, 0.15) is 10.4 Å². The monoisotopic (exact) mass is 454 g/mol. The number of aromatic carboxylic acids is 1. The largest absolute Gasteiger partial charge is 0.487 e. The van der Waals surface area contributed by atoms with Crippen LogP contribution in [0.4, 0.5) is 48.3 Å². The SMILES string of the molecule is O=C(O)c1ccc(OCC(F)(F)C(F)(F)C(F)(F)C(F)(F)C(F)(F)F)cc1Cl. The Morgan fingerprint density at radius 3 is 1.79 bits per heavy atom. The molecule has 0 bridgehead atoms. The Morgan fingerprint density at radius 1 is 0.893 bits per heavy atom. The molecule has 160 valence electrons. The molecule has 0 aromatic heterocycles. The van der Waals surface area contributed by atoms with Gasteiger partial charge < -0.3 is 9.84 Å². The predicted molar refractivity (Wildman–Crippen MR) is 69.7 cm³/mol. The summed E-state index contributed by atoms with van der Waals surface area (Å²) in [5.41, 5.74) is -0.595. The Balaban J connectivity index is 3.14. The number of ether oxygens (including phenoxy) is 1. The summed E-state index contributed by atoms with van der Waals surface area (Å²) in [5.74, 6) is -30.9. The zero-order valence-electron chi connectivity index (χ0n) is 12.7. The van der Waals surface area contributed by atoms with Gasteiger partial charge in [-0.15, -0.1) is 0 Å². The quantitative estimate of drug-likeness (QED) is 0.552. The van der Waals surface area contributed by atoms with Crippen LogP contribution in [0.25, 0.3) is 0 Å². The molecular weight excluding hydrogens is 449 g/mol. The van der Waals surface area contributed by atoms with Crippen LogP contribution in [0.5, 0.6) is 5.75 Å². The van der Waals surface area contributed by atoms with Gasteiger partial charge in [-0.05, 0) is 18.2 Å². The van der Waals surface area contributed by atoms with E-state index < -0.39 is 58.8 Å². The van der Waals surface area contributed by atoms with E-state index in [1.54, 1.807) is 0 Å². The van der Waals surface area contributed by atoms with E-state index in [-0.39, 0.29) is 0 Å². The maximum absolute atomic E-state index is 13.4. The maximum Gasteiger partial charge on any atom is 0.460 e. The van der Waals surface area contributed by atoms with Crippen molar-refractivity contribution in [3.63, 3.8) is 0 Å². The standard InChI is InChI=1S/C13H6ClF11O3/c14-7-3-5(1-2-6(7)8(26)27)28-4-9(15,16)10(17,18)11(19,20)12(21,22)13(23,24)25/h1-3H,4H2,(H,26,27). The molecule has 1 rings (SSSR count). The molecule has 0 aliphatic carbocycles. The average molecular weight is 455 g/mol. The first-order chi connectivity index (χ1) is 12.3. The summed E-state index contributed by atoms with van der Waals surface area (Å²) >= 11 is 5.41. The van der Waals surface area contributed by atoms with Gasteiger partial charge in [0.2, 0.25) is 0 Å². The lowest BCUT2D eigenvalue weighted by Gasteiger charge is -2.37. The summed E-state index contributed by atoms with van der Waals surface area (Å²) in [6, 6.07) is 1.70. The first-order valence-electron chi connectivity index (χ1n) is 6.53. The summed E-state index contributed by atoms with van der Waals surface area (Å²) in [4.78, 5) is 10.7. The fourth-order valence-electron chi connectivity index (χ4n) is 1.63. The van der Waals surface area contributed by atoms with Gasteiger partial charge >= 0.3 is 35.8 Å². The first-order valence-corrected chi connectivity index (χ1v) is 6.91. The Hall–Kier alpha value is -1.99. The van der Waals surface area contributed by atoms with Crippen LogP contribution in [-0.2, 0) is 0 Å². The number of benzene rings is 1. The molecule has 0 aliphatic rings. The highest BCUT2D eigenvalue weighted by molar-refractivity contribution is 6.33. The van der Waals surface area contributed by atoms with Crippen molar-refractivity contribution in [2.24, 2.45) is 0 Å². The van der Waals surface area contributed by atoms with Gasteiger partial charge in [0.25, 0.3) is 0 Å². The van der Waals surface area contributed by atoms with Gasteiger partial charge in [-0.1, -0.05) is 11.6 Å². The molecule has 0 saturated carbocycles. The molecular formula is C13H6ClF11O3. The number of alkyl halides is 11. The van der Waals surface area contributed by atoms with Gasteiger partial charge in [-0.2, -0.15) is 48.3 Å². The molecule has 0 radical (unpaired) electrons. The Kier molecular flexibility index (Phi) is 6.11. The second-order valence-corrected chi connectivity index (χ2v) is 5.57. The minimum absolute atomic E-state index is 0.488. The van der Waals surface area contributed by atoms with Crippen molar-refractivity contribution in [3.05, 3.63) is 28.8 Å². The van der Waals surface area contributed by atoms with Crippen LogP contribution < -0.4 is 4.74 Å². The molecule has 0 unspecified atom stereocenters. The number of carboxylic acids is 1. The van der Waals surface area contributed by atoms with Gasteiger partial charge in [-0.25, -0.2) is 4.79 Å². The summed E-state index contributed by atoms with van der Waals surface area (Å²) in [7, 11) is 0. The van der Waals surface area contributed by atoms with E-state index in [2.05, 4.69) is 4.74 Å². The van der Waals surface area contributed by atoms with E-state index in [1.165, 1.54) is 0 Å². The van der Waals surface area contributed by atoms with Crippen LogP contribution >= 0.6 is 11.6 Å². The third-order valence-corrected chi connectivity index (χ3v) is 3.51. The second-order valence-electron chi connectivity index (χ2n) is 5.16. The van der Waals surface area contributed by atoms with Gasteiger partial charge in [0.1, 0.15) is 5.75 Å². The Bertz CT molecular complexity index is 746. The van der Waals surface area contributed by atoms with E-state index in [0.29, 0.717) is 18.2 Å². The number of carbonyl (C=O) groups is 1. The second kappa shape index (κ2) is 7.12. The summed E-state index contributed by atoms with van der Waals surface area (Å²) in [6.07, 6.45) is -7.25. The third kappa shape index (κ3) is 3.91. The molecule has 0 atom stereocenters. The van der Waals surface area contributed by atoms with E-state index in [0.717, 1.165) is 0 Å². The number of hydrogen-bond acceptors (Lipinski definition) is 2. The molecule has 15 heteroatoms. The molecule has 1 aromatic rings. The maximum atomic E-state index is 13.4. The van der Waals surface area contributed by atoms with Crippen molar-refractivity contribution < 1.29 is 62.9 Å². The van der Waals surface area contributed by atoms with Crippen molar-refractivity contribution >= 4 is 17.6 Å². The van der Waals surface area contributed by atoms with E-state index in [4.69, 9.17) is 16.7 Å². The minimum atomic E-state index is -7.53. The summed E-state index contributed by atoms with van der Waals surface area (Å²) < 4.78 is 145. The molecule has 0 spiro atoms. The summed E-state index contributed by atoms with van der Waals surface area (Å²) in [6.45, 7) is -2.76. The zero-order valence-corrected chi connectivity index (χ0v) is 13.5. The highest BCUT2D eigenvalue weighted by atomic mass is 35.5. The zero-order chi connectivity index (χ0) is 22.3. The number of carboxylic acid groups (broad SMARTS) is 1. The van der Waals surface area contributed by atoms with E-state index >= 15 is 0 Å². The molecule has 1 N–H and O–H groups in total. The predicted octanol–water partition coefficient (Wildman–Crippen LogP) is 5.52. The van der Waals surface area contributed by atoms with Gasteiger partial charge in [0, 0.05) is 0 Å². The van der Waals surface area contributed by atoms with Crippen molar-refractivity contribution in [3.8, 4) is 5.75 Å². The van der Waals surface area contributed by atoms with Crippen molar-refractivity contribution in [1.29, 1.82) is 0 Å². The van der Waals surface area contributed by atoms with Crippen molar-refractivity contribution in [1.82, 2.24) is 0 Å². The smallest absolute Gasteiger partial charge is 0.460 e. The van der Waals surface area contributed by atoms with E-state index in [1.807, 2.05) is 0 Å². The fraction of sp³-hybridized carbons (Fsp3) is 0.462.